The molecular weight excluding hydrogens is 422 g/mol. The lowest BCUT2D eigenvalue weighted by atomic mass is 9.90. The highest BCUT2D eigenvalue weighted by atomic mass is 35.5. The number of halogens is 1. The zero-order valence-corrected chi connectivity index (χ0v) is 18.3. The van der Waals surface area contributed by atoms with Gasteiger partial charge in [-0.05, 0) is 74.4 Å². The molecule has 0 amide bonds. The van der Waals surface area contributed by atoms with Crippen molar-refractivity contribution < 1.29 is 8.42 Å². The Balaban J connectivity index is 1.77. The van der Waals surface area contributed by atoms with Gasteiger partial charge in [0.05, 0.1) is 16.3 Å². The number of nitrogens with one attached hydrogen (secondary N) is 2. The molecule has 0 saturated heterocycles. The standard InChI is InChI=1S/C22H22ClN3O3S/c1-13-8-10-16(12-19(13)23)26-30(28,29)20-11-15(9-7-14(20)2)21-17-5-3-4-6-18(17)22(27)25-24-21/h7-12,26H,3-6H2,1-2H3,(H,25,27). The van der Waals surface area contributed by atoms with Gasteiger partial charge in [-0.3, -0.25) is 9.52 Å². The topological polar surface area (TPSA) is 91.9 Å². The van der Waals surface area contributed by atoms with E-state index < -0.39 is 10.0 Å². The van der Waals surface area contributed by atoms with Crippen LogP contribution in [-0.2, 0) is 22.9 Å². The molecule has 0 fully saturated rings. The van der Waals surface area contributed by atoms with Crippen molar-refractivity contribution in [2.45, 2.75) is 44.4 Å². The maximum absolute atomic E-state index is 13.1. The Labute approximate surface area is 180 Å². The summed E-state index contributed by atoms with van der Waals surface area (Å²) < 4.78 is 28.8. The van der Waals surface area contributed by atoms with E-state index in [1.54, 1.807) is 37.3 Å². The summed E-state index contributed by atoms with van der Waals surface area (Å²) in [5.74, 6) is 0. The molecule has 2 N–H and O–H groups in total. The molecule has 0 spiro atoms. The average molecular weight is 444 g/mol. The predicted molar refractivity (Wildman–Crippen MR) is 119 cm³/mol. The normalized spacial score (nSPS) is 13.7. The quantitative estimate of drug-likeness (QED) is 0.625. The highest BCUT2D eigenvalue weighted by Crippen LogP contribution is 2.31. The van der Waals surface area contributed by atoms with Gasteiger partial charge < -0.3 is 0 Å². The smallest absolute Gasteiger partial charge is 0.267 e. The number of aryl methyl sites for hydroxylation is 2. The van der Waals surface area contributed by atoms with Crippen LogP contribution in [0.5, 0.6) is 0 Å². The largest absolute Gasteiger partial charge is 0.280 e. The summed E-state index contributed by atoms with van der Waals surface area (Å²) in [5, 5.41) is 7.31. The van der Waals surface area contributed by atoms with Crippen molar-refractivity contribution in [3.8, 4) is 11.3 Å². The highest BCUT2D eigenvalue weighted by molar-refractivity contribution is 7.92. The maximum atomic E-state index is 13.1. The molecule has 0 bridgehead atoms. The summed E-state index contributed by atoms with van der Waals surface area (Å²) in [7, 11) is -3.84. The van der Waals surface area contributed by atoms with Gasteiger partial charge in [-0.2, -0.15) is 5.10 Å². The Morgan fingerprint density at radius 2 is 1.70 bits per heavy atom. The third kappa shape index (κ3) is 3.87. The summed E-state index contributed by atoms with van der Waals surface area (Å²) in [5.41, 5.74) is 4.69. The van der Waals surface area contributed by atoms with Crippen molar-refractivity contribution in [2.24, 2.45) is 0 Å². The summed E-state index contributed by atoms with van der Waals surface area (Å²) in [4.78, 5) is 12.3. The van der Waals surface area contributed by atoms with Crippen LogP contribution in [0.25, 0.3) is 11.3 Å². The van der Waals surface area contributed by atoms with Crippen molar-refractivity contribution in [1.29, 1.82) is 0 Å². The van der Waals surface area contributed by atoms with Gasteiger partial charge in [0.15, 0.2) is 0 Å². The van der Waals surface area contributed by atoms with E-state index in [0.717, 1.165) is 36.0 Å². The molecule has 3 aromatic rings. The van der Waals surface area contributed by atoms with Gasteiger partial charge in [-0.25, -0.2) is 13.5 Å². The van der Waals surface area contributed by atoms with Gasteiger partial charge in [-0.15, -0.1) is 0 Å². The van der Waals surface area contributed by atoms with E-state index in [-0.39, 0.29) is 10.5 Å². The summed E-state index contributed by atoms with van der Waals surface area (Å²) in [6.07, 6.45) is 3.43. The first kappa shape index (κ1) is 20.6. The second-order valence-corrected chi connectivity index (χ2v) is 9.67. The van der Waals surface area contributed by atoms with E-state index in [1.807, 2.05) is 13.0 Å². The Hall–Kier alpha value is -2.64. The van der Waals surface area contributed by atoms with Crippen molar-refractivity contribution in [3.63, 3.8) is 0 Å². The van der Waals surface area contributed by atoms with Gasteiger partial charge in [0, 0.05) is 16.1 Å². The number of hydrogen-bond donors (Lipinski definition) is 2. The first-order valence-corrected chi connectivity index (χ1v) is 11.6. The van der Waals surface area contributed by atoms with Crippen molar-refractivity contribution in [1.82, 2.24) is 10.2 Å². The Bertz CT molecular complexity index is 1300. The number of sulfonamides is 1. The fourth-order valence-corrected chi connectivity index (χ4v) is 5.30. The summed E-state index contributed by atoms with van der Waals surface area (Å²) >= 11 is 6.13. The molecule has 0 unspecified atom stereocenters. The van der Waals surface area contributed by atoms with E-state index in [9.17, 15) is 13.2 Å². The van der Waals surface area contributed by atoms with Crippen LogP contribution >= 0.6 is 11.6 Å². The molecule has 1 aliphatic rings. The van der Waals surface area contributed by atoms with Gasteiger partial charge >= 0.3 is 0 Å². The van der Waals surface area contributed by atoms with Crippen LogP contribution in [0.2, 0.25) is 5.02 Å². The lowest BCUT2D eigenvalue weighted by Gasteiger charge is -2.18. The Morgan fingerprint density at radius 1 is 1.00 bits per heavy atom. The van der Waals surface area contributed by atoms with E-state index in [0.29, 0.717) is 34.0 Å². The van der Waals surface area contributed by atoms with Gasteiger partial charge in [0.25, 0.3) is 15.6 Å². The maximum Gasteiger partial charge on any atom is 0.267 e. The number of hydrogen-bond acceptors (Lipinski definition) is 4. The molecule has 156 valence electrons. The van der Waals surface area contributed by atoms with E-state index in [1.165, 1.54) is 0 Å². The third-order valence-corrected chi connectivity index (χ3v) is 7.40. The van der Waals surface area contributed by atoms with Crippen LogP contribution in [-0.4, -0.2) is 18.6 Å². The number of aromatic amines is 1. The lowest BCUT2D eigenvalue weighted by molar-refractivity contribution is 0.600. The van der Waals surface area contributed by atoms with Crippen LogP contribution in [0.4, 0.5) is 5.69 Å². The molecule has 0 saturated carbocycles. The number of aromatic nitrogens is 2. The minimum absolute atomic E-state index is 0.161. The fourth-order valence-electron chi connectivity index (χ4n) is 3.80. The molecule has 30 heavy (non-hydrogen) atoms. The highest BCUT2D eigenvalue weighted by Gasteiger charge is 2.22. The number of nitrogens with zero attached hydrogens (tertiary/aromatic N) is 1. The van der Waals surface area contributed by atoms with Crippen LogP contribution in [0.15, 0.2) is 46.1 Å². The summed E-state index contributed by atoms with van der Waals surface area (Å²) in [6, 6.07) is 10.2. The minimum atomic E-state index is -3.84. The Morgan fingerprint density at radius 3 is 2.43 bits per heavy atom. The van der Waals surface area contributed by atoms with Crippen LogP contribution in [0.1, 0.15) is 35.1 Å². The molecule has 8 heteroatoms. The minimum Gasteiger partial charge on any atom is -0.280 e. The first-order chi connectivity index (χ1) is 14.3. The van der Waals surface area contributed by atoms with E-state index in [4.69, 9.17) is 11.6 Å². The van der Waals surface area contributed by atoms with Crippen LogP contribution in [0, 0.1) is 13.8 Å². The fraction of sp³-hybridized carbons (Fsp3) is 0.273. The zero-order chi connectivity index (χ0) is 21.5. The number of rotatable bonds is 4. The van der Waals surface area contributed by atoms with Gasteiger partial charge in [0.1, 0.15) is 0 Å². The molecule has 1 heterocycles. The SMILES string of the molecule is Cc1ccc(NS(=O)(=O)c2cc(-c3n[nH]c(=O)c4c3CCCC4)ccc2C)cc1Cl. The molecule has 2 aromatic carbocycles. The second-order valence-electron chi connectivity index (χ2n) is 7.62. The third-order valence-electron chi connectivity index (χ3n) is 5.47. The molecule has 1 aromatic heterocycles. The number of anilines is 1. The first-order valence-electron chi connectivity index (χ1n) is 9.77. The zero-order valence-electron chi connectivity index (χ0n) is 16.8. The molecule has 1 aliphatic carbocycles. The average Bonchev–Trinajstić information content (AvgIpc) is 2.71. The molecular formula is C22H22ClN3O3S. The molecule has 0 aliphatic heterocycles. The Kier molecular flexibility index (Phi) is 5.42. The lowest BCUT2D eigenvalue weighted by Crippen LogP contribution is -2.21. The van der Waals surface area contributed by atoms with Gasteiger partial charge in [-0.1, -0.05) is 29.8 Å². The van der Waals surface area contributed by atoms with Crippen LogP contribution < -0.4 is 10.3 Å². The van der Waals surface area contributed by atoms with E-state index in [2.05, 4.69) is 14.9 Å². The van der Waals surface area contributed by atoms with Crippen molar-refractivity contribution in [2.75, 3.05) is 4.72 Å². The van der Waals surface area contributed by atoms with Crippen LogP contribution in [0.3, 0.4) is 0 Å². The second kappa shape index (κ2) is 7.89. The summed E-state index contributed by atoms with van der Waals surface area (Å²) in [6.45, 7) is 3.60. The molecule has 0 radical (unpaired) electrons. The molecule has 6 nitrogen and oxygen atoms in total. The monoisotopic (exact) mass is 443 g/mol. The number of fused-ring (bicyclic) bond motifs is 1. The van der Waals surface area contributed by atoms with Gasteiger partial charge in [0.2, 0.25) is 0 Å². The van der Waals surface area contributed by atoms with Crippen molar-refractivity contribution >= 4 is 27.3 Å². The number of benzene rings is 2. The molecule has 4 rings (SSSR count). The molecule has 0 atom stereocenters. The predicted octanol–water partition coefficient (Wildman–Crippen LogP) is 4.39. The van der Waals surface area contributed by atoms with E-state index >= 15 is 0 Å². The van der Waals surface area contributed by atoms with Crippen molar-refractivity contribution in [3.05, 3.63) is 74.0 Å². The number of H-pyrrole nitrogens is 1.